The Morgan fingerprint density at radius 2 is 1.85 bits per heavy atom. The lowest BCUT2D eigenvalue weighted by atomic mass is 10.1. The number of hydrogen-bond donors (Lipinski definition) is 0. The van der Waals surface area contributed by atoms with Crippen molar-refractivity contribution in [3.8, 4) is 5.75 Å². The van der Waals surface area contributed by atoms with Crippen LogP contribution in [0.2, 0.25) is 0 Å². The van der Waals surface area contributed by atoms with E-state index in [0.29, 0.717) is 12.2 Å². The van der Waals surface area contributed by atoms with Gasteiger partial charge in [0.1, 0.15) is 12.4 Å². The summed E-state index contributed by atoms with van der Waals surface area (Å²) in [5, 5.41) is 0. The van der Waals surface area contributed by atoms with E-state index < -0.39 is 0 Å². The molecule has 1 aliphatic rings. The van der Waals surface area contributed by atoms with Crippen molar-refractivity contribution in [3.05, 3.63) is 72.6 Å². The maximum Gasteiger partial charge on any atom is 0.253 e. The van der Waals surface area contributed by atoms with Crippen LogP contribution in [0.15, 0.2) is 61.3 Å². The standard InChI is InChI=1S/C21H25N3O2.ClH/c1-2-17-26-20-8-6-18(7-9-20)21(25)24-15-13-23(14-16-24)12-10-19-5-3-4-11-22-19;/h2-9,11H,1,10,12-17H2;1H. The van der Waals surface area contributed by atoms with E-state index in [1.165, 1.54) is 0 Å². The normalized spacial score (nSPS) is 14.3. The minimum absolute atomic E-state index is 0. The fourth-order valence-electron chi connectivity index (χ4n) is 3.02. The lowest BCUT2D eigenvalue weighted by Gasteiger charge is -2.34. The van der Waals surface area contributed by atoms with E-state index in [1.807, 2.05) is 47.5 Å². The molecule has 2 aromatic rings. The first-order valence-corrected chi connectivity index (χ1v) is 9.01. The van der Waals surface area contributed by atoms with Crippen molar-refractivity contribution in [2.24, 2.45) is 0 Å². The van der Waals surface area contributed by atoms with Crippen LogP contribution in [-0.2, 0) is 6.42 Å². The van der Waals surface area contributed by atoms with Crippen LogP contribution in [0.5, 0.6) is 5.75 Å². The molecule has 0 aliphatic carbocycles. The van der Waals surface area contributed by atoms with Crippen LogP contribution in [0.4, 0.5) is 0 Å². The van der Waals surface area contributed by atoms with Gasteiger partial charge in [0.05, 0.1) is 0 Å². The third kappa shape index (κ3) is 6.08. The molecule has 1 amide bonds. The van der Waals surface area contributed by atoms with E-state index in [9.17, 15) is 4.79 Å². The second-order valence-corrected chi connectivity index (χ2v) is 6.33. The van der Waals surface area contributed by atoms with E-state index >= 15 is 0 Å². The number of carbonyl (C=O) groups excluding carboxylic acids is 1. The Morgan fingerprint density at radius 3 is 2.48 bits per heavy atom. The van der Waals surface area contributed by atoms with Crippen LogP contribution >= 0.6 is 12.4 Å². The van der Waals surface area contributed by atoms with Crippen LogP contribution in [0, 0.1) is 0 Å². The van der Waals surface area contributed by atoms with Crippen LogP contribution in [0.3, 0.4) is 0 Å². The van der Waals surface area contributed by atoms with Gasteiger partial charge in [0.25, 0.3) is 5.91 Å². The number of carbonyl (C=O) groups is 1. The van der Waals surface area contributed by atoms with Gasteiger partial charge in [0, 0.05) is 56.6 Å². The van der Waals surface area contributed by atoms with Gasteiger partial charge in [0.15, 0.2) is 0 Å². The summed E-state index contributed by atoms with van der Waals surface area (Å²) >= 11 is 0. The zero-order valence-electron chi connectivity index (χ0n) is 15.4. The summed E-state index contributed by atoms with van der Waals surface area (Å²) in [6.45, 7) is 8.40. The highest BCUT2D eigenvalue weighted by atomic mass is 35.5. The van der Waals surface area contributed by atoms with E-state index in [4.69, 9.17) is 4.74 Å². The minimum atomic E-state index is 0. The quantitative estimate of drug-likeness (QED) is 0.685. The monoisotopic (exact) mass is 387 g/mol. The maximum atomic E-state index is 12.7. The largest absolute Gasteiger partial charge is 0.490 e. The Kier molecular flexibility index (Phi) is 8.30. The number of aromatic nitrogens is 1. The molecular formula is C21H26ClN3O2. The molecule has 6 heteroatoms. The number of amides is 1. The third-order valence-corrected chi connectivity index (χ3v) is 4.54. The van der Waals surface area contributed by atoms with E-state index in [2.05, 4.69) is 22.5 Å². The Bertz CT molecular complexity index is 714. The molecule has 0 N–H and O–H groups in total. The van der Waals surface area contributed by atoms with Crippen molar-refractivity contribution in [3.63, 3.8) is 0 Å². The lowest BCUT2D eigenvalue weighted by molar-refractivity contribution is 0.0638. The molecule has 2 heterocycles. The molecule has 0 spiro atoms. The molecule has 0 radical (unpaired) electrons. The fourth-order valence-corrected chi connectivity index (χ4v) is 3.02. The number of benzene rings is 1. The van der Waals surface area contributed by atoms with Gasteiger partial charge in [-0.2, -0.15) is 0 Å². The van der Waals surface area contributed by atoms with Gasteiger partial charge in [-0.1, -0.05) is 18.7 Å². The summed E-state index contributed by atoms with van der Waals surface area (Å²) < 4.78 is 5.46. The highest BCUT2D eigenvalue weighted by molar-refractivity contribution is 5.94. The van der Waals surface area contributed by atoms with Crippen molar-refractivity contribution in [2.45, 2.75) is 6.42 Å². The number of piperazine rings is 1. The van der Waals surface area contributed by atoms with Crippen molar-refractivity contribution < 1.29 is 9.53 Å². The summed E-state index contributed by atoms with van der Waals surface area (Å²) in [7, 11) is 0. The number of hydrogen-bond acceptors (Lipinski definition) is 4. The highest BCUT2D eigenvalue weighted by Gasteiger charge is 2.22. The molecule has 0 saturated carbocycles. The predicted molar refractivity (Wildman–Crippen MR) is 110 cm³/mol. The SMILES string of the molecule is C=CCOc1ccc(C(=O)N2CCN(CCc3ccccn3)CC2)cc1.Cl. The number of halogens is 1. The average Bonchev–Trinajstić information content (AvgIpc) is 2.72. The molecule has 1 aromatic carbocycles. The molecule has 27 heavy (non-hydrogen) atoms. The summed E-state index contributed by atoms with van der Waals surface area (Å²) in [6.07, 6.45) is 4.48. The minimum Gasteiger partial charge on any atom is -0.490 e. The van der Waals surface area contributed by atoms with Crippen LogP contribution < -0.4 is 4.74 Å². The second-order valence-electron chi connectivity index (χ2n) is 6.33. The average molecular weight is 388 g/mol. The highest BCUT2D eigenvalue weighted by Crippen LogP contribution is 2.15. The molecule has 1 aromatic heterocycles. The Hall–Kier alpha value is -2.37. The van der Waals surface area contributed by atoms with E-state index in [0.717, 1.165) is 50.6 Å². The number of nitrogens with zero attached hydrogens (tertiary/aromatic N) is 3. The predicted octanol–water partition coefficient (Wildman–Crippen LogP) is 3.07. The number of rotatable bonds is 7. The van der Waals surface area contributed by atoms with Gasteiger partial charge in [-0.3, -0.25) is 14.7 Å². The second kappa shape index (κ2) is 10.7. The van der Waals surface area contributed by atoms with E-state index in [1.54, 1.807) is 6.08 Å². The van der Waals surface area contributed by atoms with Gasteiger partial charge in [0.2, 0.25) is 0 Å². The molecule has 1 aliphatic heterocycles. The zero-order chi connectivity index (χ0) is 18.2. The number of ether oxygens (including phenoxy) is 1. The third-order valence-electron chi connectivity index (χ3n) is 4.54. The zero-order valence-corrected chi connectivity index (χ0v) is 16.2. The maximum absolute atomic E-state index is 12.7. The molecule has 144 valence electrons. The van der Waals surface area contributed by atoms with Crippen molar-refractivity contribution >= 4 is 18.3 Å². The van der Waals surface area contributed by atoms with Gasteiger partial charge >= 0.3 is 0 Å². The lowest BCUT2D eigenvalue weighted by Crippen LogP contribution is -2.49. The van der Waals surface area contributed by atoms with Crippen LogP contribution in [0.25, 0.3) is 0 Å². The summed E-state index contributed by atoms with van der Waals surface area (Å²) in [5.41, 5.74) is 1.82. The topological polar surface area (TPSA) is 45.7 Å². The van der Waals surface area contributed by atoms with E-state index in [-0.39, 0.29) is 18.3 Å². The van der Waals surface area contributed by atoms with Crippen LogP contribution in [0.1, 0.15) is 16.1 Å². The van der Waals surface area contributed by atoms with Crippen molar-refractivity contribution in [2.75, 3.05) is 39.3 Å². The first-order valence-electron chi connectivity index (χ1n) is 9.01. The van der Waals surface area contributed by atoms with Gasteiger partial charge in [-0.05, 0) is 36.4 Å². The van der Waals surface area contributed by atoms with Crippen molar-refractivity contribution in [1.29, 1.82) is 0 Å². The Labute approximate surface area is 167 Å². The Balaban J connectivity index is 0.00000261. The first-order chi connectivity index (χ1) is 12.8. The van der Waals surface area contributed by atoms with Gasteiger partial charge < -0.3 is 9.64 Å². The summed E-state index contributed by atoms with van der Waals surface area (Å²) in [4.78, 5) is 21.3. The molecule has 5 nitrogen and oxygen atoms in total. The van der Waals surface area contributed by atoms with Gasteiger partial charge in [-0.15, -0.1) is 12.4 Å². The van der Waals surface area contributed by atoms with Crippen molar-refractivity contribution in [1.82, 2.24) is 14.8 Å². The van der Waals surface area contributed by atoms with Gasteiger partial charge in [-0.25, -0.2) is 0 Å². The molecule has 0 unspecified atom stereocenters. The molecule has 1 fully saturated rings. The Morgan fingerprint density at radius 1 is 1.11 bits per heavy atom. The summed E-state index contributed by atoms with van der Waals surface area (Å²) in [6, 6.07) is 13.3. The number of pyridine rings is 1. The molecular weight excluding hydrogens is 362 g/mol. The smallest absolute Gasteiger partial charge is 0.253 e. The molecule has 3 rings (SSSR count). The first kappa shape index (κ1) is 20.9. The molecule has 1 saturated heterocycles. The molecule has 0 atom stereocenters. The molecule has 0 bridgehead atoms. The van der Waals surface area contributed by atoms with Crippen LogP contribution in [-0.4, -0.2) is 60.0 Å². The fraction of sp³-hybridized carbons (Fsp3) is 0.333. The summed E-state index contributed by atoms with van der Waals surface area (Å²) in [5.74, 6) is 0.838.